The van der Waals surface area contributed by atoms with Crippen LogP contribution >= 0.6 is 0 Å². The van der Waals surface area contributed by atoms with Crippen LogP contribution in [0.3, 0.4) is 0 Å². The van der Waals surface area contributed by atoms with Gasteiger partial charge in [-0.05, 0) is 61.1 Å². The van der Waals surface area contributed by atoms with Crippen molar-refractivity contribution >= 4 is 23.5 Å². The molecule has 8 nitrogen and oxygen atoms in total. The van der Waals surface area contributed by atoms with Gasteiger partial charge in [0.25, 0.3) is 5.91 Å². The van der Waals surface area contributed by atoms with E-state index in [2.05, 4.69) is 16.7 Å². The summed E-state index contributed by atoms with van der Waals surface area (Å²) < 4.78 is 0. The molecule has 1 aliphatic heterocycles. The maximum atomic E-state index is 13.1. The summed E-state index contributed by atoms with van der Waals surface area (Å²) in [7, 11) is 3.34. The second-order valence-electron chi connectivity index (χ2n) is 8.75. The minimum absolute atomic E-state index is 0.0571. The summed E-state index contributed by atoms with van der Waals surface area (Å²) in [5, 5.41) is 14.4. The van der Waals surface area contributed by atoms with E-state index < -0.39 is 6.03 Å². The summed E-state index contributed by atoms with van der Waals surface area (Å²) in [5.74, 6) is 0.250. The summed E-state index contributed by atoms with van der Waals surface area (Å²) in [5.41, 5.74) is 3.79. The van der Waals surface area contributed by atoms with Gasteiger partial charge in [0.1, 0.15) is 0 Å². The van der Waals surface area contributed by atoms with Crippen molar-refractivity contribution in [3.05, 3.63) is 64.7 Å². The van der Waals surface area contributed by atoms with Crippen LogP contribution in [0.15, 0.2) is 42.5 Å². The van der Waals surface area contributed by atoms with Crippen molar-refractivity contribution in [2.24, 2.45) is 0 Å². The number of urea groups is 1. The Bertz CT molecular complexity index is 1080. The Hall–Kier alpha value is -3.86. The quantitative estimate of drug-likeness (QED) is 0.687. The normalized spacial score (nSPS) is 13.6. The van der Waals surface area contributed by atoms with Crippen molar-refractivity contribution < 1.29 is 14.4 Å². The molecule has 4 amide bonds. The number of likely N-dealkylation sites (tertiary alicyclic amines) is 1. The number of benzene rings is 2. The van der Waals surface area contributed by atoms with Crippen molar-refractivity contribution in [3.63, 3.8) is 0 Å². The fourth-order valence-corrected chi connectivity index (χ4v) is 3.99. The zero-order valence-electron chi connectivity index (χ0n) is 19.9. The number of hydrogen-bond donors (Lipinski definition) is 2. The van der Waals surface area contributed by atoms with Crippen molar-refractivity contribution in [2.45, 2.75) is 32.1 Å². The molecule has 1 saturated heterocycles. The van der Waals surface area contributed by atoms with Crippen molar-refractivity contribution in [1.82, 2.24) is 15.1 Å². The van der Waals surface area contributed by atoms with E-state index in [-0.39, 0.29) is 24.8 Å². The molecule has 0 atom stereocenters. The Morgan fingerprint density at radius 3 is 2.38 bits per heavy atom. The molecule has 0 unspecified atom stereocenters. The van der Waals surface area contributed by atoms with Crippen LogP contribution in [-0.4, -0.2) is 61.4 Å². The molecule has 8 heteroatoms. The van der Waals surface area contributed by atoms with Gasteiger partial charge in [0.15, 0.2) is 0 Å². The first-order chi connectivity index (χ1) is 16.3. The first-order valence-corrected chi connectivity index (χ1v) is 11.4. The molecule has 34 heavy (non-hydrogen) atoms. The number of nitrogens with zero attached hydrogens (tertiary/aromatic N) is 3. The molecule has 0 radical (unpaired) electrons. The summed E-state index contributed by atoms with van der Waals surface area (Å²) >= 11 is 0. The maximum Gasteiger partial charge on any atom is 0.319 e. The van der Waals surface area contributed by atoms with Gasteiger partial charge in [-0.15, -0.1) is 0 Å². The Labute approximate surface area is 200 Å². The molecule has 3 rings (SSSR count). The zero-order valence-corrected chi connectivity index (χ0v) is 19.9. The van der Waals surface area contributed by atoms with Gasteiger partial charge in [0, 0.05) is 51.4 Å². The molecule has 0 aliphatic carbocycles. The highest BCUT2D eigenvalue weighted by Crippen LogP contribution is 2.29. The summed E-state index contributed by atoms with van der Waals surface area (Å²) in [6, 6.07) is 14.7. The number of hydrogen-bond acceptors (Lipinski definition) is 4. The van der Waals surface area contributed by atoms with E-state index in [1.165, 1.54) is 10.5 Å². The van der Waals surface area contributed by atoms with Gasteiger partial charge >= 0.3 is 6.03 Å². The lowest BCUT2D eigenvalue weighted by molar-refractivity contribution is -0.128. The molecule has 1 aliphatic rings. The molecule has 1 fully saturated rings. The number of nitrogens with one attached hydrogen (secondary N) is 2. The molecular weight excluding hydrogens is 430 g/mol. The van der Waals surface area contributed by atoms with Crippen LogP contribution in [-0.2, 0) is 4.79 Å². The maximum absolute atomic E-state index is 13.1. The van der Waals surface area contributed by atoms with Crippen molar-refractivity contribution in [3.8, 4) is 6.07 Å². The third kappa shape index (κ3) is 6.35. The van der Waals surface area contributed by atoms with Crippen LogP contribution in [0.1, 0.15) is 52.2 Å². The smallest absolute Gasteiger partial charge is 0.319 e. The number of amides is 4. The van der Waals surface area contributed by atoms with E-state index in [9.17, 15) is 14.4 Å². The molecular formula is C26H31N5O3. The molecule has 0 bridgehead atoms. The molecule has 2 aromatic rings. The van der Waals surface area contributed by atoms with Crippen LogP contribution in [0.4, 0.5) is 10.5 Å². The molecule has 2 aromatic carbocycles. The van der Waals surface area contributed by atoms with Crippen LogP contribution in [0.5, 0.6) is 0 Å². The first kappa shape index (κ1) is 24.8. The van der Waals surface area contributed by atoms with Crippen molar-refractivity contribution in [2.75, 3.05) is 39.0 Å². The molecule has 0 saturated carbocycles. The van der Waals surface area contributed by atoms with Crippen LogP contribution < -0.4 is 10.6 Å². The van der Waals surface area contributed by atoms with Gasteiger partial charge in [-0.2, -0.15) is 5.26 Å². The number of piperidine rings is 1. The second kappa shape index (κ2) is 11.3. The van der Waals surface area contributed by atoms with Crippen molar-refractivity contribution in [1.29, 1.82) is 5.26 Å². The molecule has 2 N–H and O–H groups in total. The lowest BCUT2D eigenvalue weighted by Gasteiger charge is -2.32. The van der Waals surface area contributed by atoms with E-state index >= 15 is 0 Å². The molecule has 0 aromatic heterocycles. The number of nitriles is 1. The average molecular weight is 462 g/mol. The standard InChI is InChI=1S/C26H31N5O3/c1-18-4-7-22(16-23(18)29-26(34)28-13-10-24(32)30(2)3)25(33)31-14-11-21(12-15-31)20-8-5-19(17-27)6-9-20/h4-9,16,21H,10-15H2,1-3H3,(H2,28,29,34). The third-order valence-electron chi connectivity index (χ3n) is 6.15. The number of carbonyl (C=O) groups is 3. The Kier molecular flexibility index (Phi) is 8.25. The van der Waals surface area contributed by atoms with Gasteiger partial charge in [-0.25, -0.2) is 4.79 Å². The lowest BCUT2D eigenvalue weighted by Crippen LogP contribution is -2.38. The highest BCUT2D eigenvalue weighted by atomic mass is 16.2. The molecule has 0 spiro atoms. The minimum atomic E-state index is -0.414. The first-order valence-electron chi connectivity index (χ1n) is 11.4. The summed E-state index contributed by atoms with van der Waals surface area (Å²) in [6.07, 6.45) is 1.95. The van der Waals surface area contributed by atoms with Gasteiger partial charge in [0.05, 0.1) is 11.6 Å². The fraction of sp³-hybridized carbons (Fsp3) is 0.385. The van der Waals surface area contributed by atoms with E-state index in [4.69, 9.17) is 5.26 Å². The summed E-state index contributed by atoms with van der Waals surface area (Å²) in [4.78, 5) is 40.3. The number of aryl methyl sites for hydroxylation is 1. The Morgan fingerprint density at radius 1 is 1.09 bits per heavy atom. The fourth-order valence-electron chi connectivity index (χ4n) is 3.99. The Balaban J connectivity index is 1.56. The predicted molar refractivity (Wildman–Crippen MR) is 131 cm³/mol. The number of anilines is 1. The van der Waals surface area contributed by atoms with Crippen LogP contribution in [0.2, 0.25) is 0 Å². The third-order valence-corrected chi connectivity index (χ3v) is 6.15. The number of rotatable bonds is 6. The predicted octanol–water partition coefficient (Wildman–Crippen LogP) is 3.49. The topological polar surface area (TPSA) is 106 Å². The van der Waals surface area contributed by atoms with Crippen LogP contribution in [0.25, 0.3) is 0 Å². The highest BCUT2D eigenvalue weighted by molar-refractivity contribution is 5.97. The van der Waals surface area contributed by atoms with E-state index in [1.54, 1.807) is 26.2 Å². The van der Waals surface area contributed by atoms with E-state index in [0.717, 1.165) is 18.4 Å². The average Bonchev–Trinajstić information content (AvgIpc) is 2.85. The monoisotopic (exact) mass is 461 g/mol. The second-order valence-corrected chi connectivity index (χ2v) is 8.75. The largest absolute Gasteiger partial charge is 0.349 e. The van der Waals surface area contributed by atoms with Crippen LogP contribution in [0, 0.1) is 18.3 Å². The zero-order chi connectivity index (χ0) is 24.7. The van der Waals surface area contributed by atoms with Gasteiger partial charge in [0.2, 0.25) is 5.91 Å². The van der Waals surface area contributed by atoms with Gasteiger partial charge < -0.3 is 20.4 Å². The molecule has 178 valence electrons. The van der Waals surface area contributed by atoms with Gasteiger partial charge in [-0.1, -0.05) is 18.2 Å². The van der Waals surface area contributed by atoms with E-state index in [0.29, 0.717) is 35.8 Å². The molecule has 1 heterocycles. The van der Waals surface area contributed by atoms with Gasteiger partial charge in [-0.3, -0.25) is 9.59 Å². The Morgan fingerprint density at radius 2 is 1.76 bits per heavy atom. The lowest BCUT2D eigenvalue weighted by atomic mass is 9.89. The SMILES string of the molecule is Cc1ccc(C(=O)N2CCC(c3ccc(C#N)cc3)CC2)cc1NC(=O)NCCC(=O)N(C)C. The minimum Gasteiger partial charge on any atom is -0.349 e. The highest BCUT2D eigenvalue weighted by Gasteiger charge is 2.25. The van der Waals surface area contributed by atoms with E-state index in [1.807, 2.05) is 42.2 Å². The summed E-state index contributed by atoms with van der Waals surface area (Å²) in [6.45, 7) is 3.40. The number of carbonyl (C=O) groups excluding carboxylic acids is 3.